The van der Waals surface area contributed by atoms with E-state index in [-0.39, 0.29) is 17.7 Å². The summed E-state index contributed by atoms with van der Waals surface area (Å²) in [6, 6.07) is 18.2. The zero-order valence-electron chi connectivity index (χ0n) is 15.4. The van der Waals surface area contributed by atoms with Gasteiger partial charge in [-0.15, -0.1) is 0 Å². The van der Waals surface area contributed by atoms with E-state index >= 15 is 0 Å². The molecule has 3 rings (SSSR count). The molecular formula is C20H25N3O3S. The molecule has 2 aromatic carbocycles. The summed E-state index contributed by atoms with van der Waals surface area (Å²) in [6.07, 6.45) is 0. The lowest BCUT2D eigenvalue weighted by Crippen LogP contribution is -2.54. The van der Waals surface area contributed by atoms with Crippen molar-refractivity contribution in [2.45, 2.75) is 18.7 Å². The number of carbonyl (C=O) groups is 1. The Labute approximate surface area is 160 Å². The summed E-state index contributed by atoms with van der Waals surface area (Å²) in [7, 11) is -3.35. The number of nitrogens with one attached hydrogen (secondary N) is 1. The molecule has 0 saturated carbocycles. The number of anilines is 1. The Bertz CT molecular complexity index is 849. The number of carbonyl (C=O) groups excluding carboxylic acids is 1. The van der Waals surface area contributed by atoms with Crippen molar-refractivity contribution in [2.75, 3.05) is 31.5 Å². The summed E-state index contributed by atoms with van der Waals surface area (Å²) in [6.45, 7) is 3.73. The summed E-state index contributed by atoms with van der Waals surface area (Å²) in [5, 5.41) is 2.90. The van der Waals surface area contributed by atoms with E-state index in [1.165, 1.54) is 4.31 Å². The number of piperazine rings is 1. The van der Waals surface area contributed by atoms with Gasteiger partial charge >= 0.3 is 0 Å². The topological polar surface area (TPSA) is 69.7 Å². The van der Waals surface area contributed by atoms with Gasteiger partial charge in [0.2, 0.25) is 15.9 Å². The Morgan fingerprint density at radius 1 is 0.963 bits per heavy atom. The van der Waals surface area contributed by atoms with Crippen LogP contribution in [0.5, 0.6) is 0 Å². The van der Waals surface area contributed by atoms with E-state index < -0.39 is 10.0 Å². The third-order valence-corrected chi connectivity index (χ3v) is 6.68. The van der Waals surface area contributed by atoms with Crippen molar-refractivity contribution >= 4 is 21.6 Å². The van der Waals surface area contributed by atoms with Crippen molar-refractivity contribution in [2.24, 2.45) is 0 Å². The fraction of sp³-hybridized carbons (Fsp3) is 0.350. The Balaban J connectivity index is 1.54. The Kier molecular flexibility index (Phi) is 6.26. The molecule has 1 aliphatic rings. The van der Waals surface area contributed by atoms with Crippen molar-refractivity contribution < 1.29 is 13.2 Å². The second-order valence-electron chi connectivity index (χ2n) is 6.71. The maximum atomic E-state index is 12.6. The van der Waals surface area contributed by atoms with Crippen molar-refractivity contribution in [3.05, 3.63) is 66.2 Å². The van der Waals surface area contributed by atoms with Gasteiger partial charge in [0, 0.05) is 31.9 Å². The largest absolute Gasteiger partial charge is 0.325 e. The fourth-order valence-electron chi connectivity index (χ4n) is 3.18. The van der Waals surface area contributed by atoms with E-state index in [0.29, 0.717) is 26.2 Å². The average molecular weight is 388 g/mol. The average Bonchev–Trinajstić information content (AvgIpc) is 2.69. The molecule has 1 fully saturated rings. The van der Waals surface area contributed by atoms with E-state index in [9.17, 15) is 13.2 Å². The number of hydrogen-bond donors (Lipinski definition) is 1. The third kappa shape index (κ3) is 5.15. The first-order valence-electron chi connectivity index (χ1n) is 9.07. The summed E-state index contributed by atoms with van der Waals surface area (Å²) in [5.41, 5.74) is 1.55. The minimum absolute atomic E-state index is 0.0118. The van der Waals surface area contributed by atoms with Crippen LogP contribution in [0, 0.1) is 0 Å². The van der Waals surface area contributed by atoms with Crippen LogP contribution in [-0.4, -0.2) is 55.8 Å². The molecule has 2 aromatic rings. The fourth-order valence-corrected chi connectivity index (χ4v) is 4.70. The maximum Gasteiger partial charge on any atom is 0.241 e. The van der Waals surface area contributed by atoms with Gasteiger partial charge in [-0.3, -0.25) is 9.69 Å². The molecule has 0 aromatic heterocycles. The van der Waals surface area contributed by atoms with Crippen LogP contribution in [0.15, 0.2) is 60.7 Å². The highest BCUT2D eigenvalue weighted by Gasteiger charge is 2.30. The minimum Gasteiger partial charge on any atom is -0.325 e. The summed E-state index contributed by atoms with van der Waals surface area (Å²) in [5.74, 6) is -0.0699. The maximum absolute atomic E-state index is 12.6. The molecule has 1 saturated heterocycles. The predicted molar refractivity (Wildman–Crippen MR) is 107 cm³/mol. The third-order valence-electron chi connectivity index (χ3n) is 4.83. The van der Waals surface area contributed by atoms with Crippen LogP contribution in [0.2, 0.25) is 0 Å². The number of para-hydroxylation sites is 1. The van der Waals surface area contributed by atoms with Crippen LogP contribution in [0.4, 0.5) is 5.69 Å². The predicted octanol–water partition coefficient (Wildman–Crippen LogP) is 2.16. The Hall–Kier alpha value is -2.22. The smallest absolute Gasteiger partial charge is 0.241 e. The summed E-state index contributed by atoms with van der Waals surface area (Å²) in [4.78, 5) is 14.5. The number of amides is 1. The second kappa shape index (κ2) is 8.65. The highest BCUT2D eigenvalue weighted by atomic mass is 32.2. The summed E-state index contributed by atoms with van der Waals surface area (Å²) < 4.78 is 26.8. The number of sulfonamides is 1. The molecule has 0 radical (unpaired) electrons. The number of rotatable bonds is 6. The highest BCUT2D eigenvalue weighted by Crippen LogP contribution is 2.16. The van der Waals surface area contributed by atoms with Crippen molar-refractivity contribution in [3.8, 4) is 0 Å². The molecule has 7 heteroatoms. The van der Waals surface area contributed by atoms with Gasteiger partial charge in [0.15, 0.2) is 0 Å². The molecular weight excluding hydrogens is 362 g/mol. The zero-order valence-corrected chi connectivity index (χ0v) is 16.2. The molecule has 0 aliphatic carbocycles. The molecule has 1 amide bonds. The van der Waals surface area contributed by atoms with Gasteiger partial charge in [0.05, 0.1) is 11.8 Å². The molecule has 27 heavy (non-hydrogen) atoms. The quantitative estimate of drug-likeness (QED) is 0.825. The molecule has 6 nitrogen and oxygen atoms in total. The van der Waals surface area contributed by atoms with E-state index in [2.05, 4.69) is 5.32 Å². The van der Waals surface area contributed by atoms with E-state index in [1.807, 2.05) is 72.5 Å². The first kappa shape index (κ1) is 19.5. The zero-order chi connectivity index (χ0) is 19.3. The Morgan fingerprint density at radius 3 is 2.11 bits per heavy atom. The molecule has 0 unspecified atom stereocenters. The van der Waals surface area contributed by atoms with Crippen LogP contribution in [-0.2, 0) is 20.6 Å². The molecule has 0 bridgehead atoms. The standard InChI is InChI=1S/C20H25N3O3S/c1-17(20(24)21-19-10-6-3-7-11-19)22-12-14-23(15-13-22)27(25,26)16-18-8-4-2-5-9-18/h2-11,17H,12-16H2,1H3,(H,21,24)/t17-/m1/s1. The number of nitrogens with zero attached hydrogens (tertiary/aromatic N) is 2. The van der Waals surface area contributed by atoms with Crippen LogP contribution in [0.3, 0.4) is 0 Å². The van der Waals surface area contributed by atoms with E-state index in [0.717, 1.165) is 11.3 Å². The Morgan fingerprint density at radius 2 is 1.52 bits per heavy atom. The normalized spacial score (nSPS) is 17.4. The van der Waals surface area contributed by atoms with Gasteiger partial charge in [-0.2, -0.15) is 4.31 Å². The van der Waals surface area contributed by atoms with Crippen LogP contribution < -0.4 is 5.32 Å². The lowest BCUT2D eigenvalue weighted by molar-refractivity contribution is -0.121. The molecule has 144 valence electrons. The molecule has 0 spiro atoms. The van der Waals surface area contributed by atoms with Gasteiger partial charge in [-0.05, 0) is 24.6 Å². The van der Waals surface area contributed by atoms with Crippen LogP contribution >= 0.6 is 0 Å². The van der Waals surface area contributed by atoms with E-state index in [4.69, 9.17) is 0 Å². The monoisotopic (exact) mass is 387 g/mol. The van der Waals surface area contributed by atoms with E-state index in [1.54, 1.807) is 0 Å². The first-order valence-corrected chi connectivity index (χ1v) is 10.7. The molecule has 1 heterocycles. The van der Waals surface area contributed by atoms with Crippen LogP contribution in [0.25, 0.3) is 0 Å². The van der Waals surface area contributed by atoms with Gasteiger partial charge in [-0.25, -0.2) is 8.42 Å². The summed E-state index contributed by atoms with van der Waals surface area (Å²) >= 11 is 0. The van der Waals surface area contributed by atoms with Gasteiger partial charge in [-0.1, -0.05) is 48.5 Å². The molecule has 1 atom stereocenters. The van der Waals surface area contributed by atoms with Gasteiger partial charge < -0.3 is 5.32 Å². The number of benzene rings is 2. The van der Waals surface area contributed by atoms with Crippen LogP contribution in [0.1, 0.15) is 12.5 Å². The second-order valence-corrected chi connectivity index (χ2v) is 8.68. The van der Waals surface area contributed by atoms with Crippen molar-refractivity contribution in [3.63, 3.8) is 0 Å². The lowest BCUT2D eigenvalue weighted by Gasteiger charge is -2.36. The van der Waals surface area contributed by atoms with Gasteiger partial charge in [0.1, 0.15) is 0 Å². The molecule has 1 aliphatic heterocycles. The minimum atomic E-state index is -3.35. The van der Waals surface area contributed by atoms with Crippen molar-refractivity contribution in [1.82, 2.24) is 9.21 Å². The van der Waals surface area contributed by atoms with Crippen molar-refractivity contribution in [1.29, 1.82) is 0 Å². The first-order chi connectivity index (χ1) is 13.0. The highest BCUT2D eigenvalue weighted by molar-refractivity contribution is 7.88. The lowest BCUT2D eigenvalue weighted by atomic mass is 10.2. The van der Waals surface area contributed by atoms with Gasteiger partial charge in [0.25, 0.3) is 0 Å². The SMILES string of the molecule is C[C@H](C(=O)Nc1ccccc1)N1CCN(S(=O)(=O)Cc2ccccc2)CC1. The number of hydrogen-bond acceptors (Lipinski definition) is 4. The molecule has 1 N–H and O–H groups in total.